The van der Waals surface area contributed by atoms with Gasteiger partial charge in [0.15, 0.2) is 0 Å². The average molecular weight is 554 g/mol. The molecule has 0 radical (unpaired) electrons. The van der Waals surface area contributed by atoms with Gasteiger partial charge in [-0.2, -0.15) is 0 Å². The van der Waals surface area contributed by atoms with Crippen molar-refractivity contribution in [3.05, 3.63) is 95.3 Å². The summed E-state index contributed by atoms with van der Waals surface area (Å²) in [4.78, 5) is 28.4. The molecule has 3 aromatic rings. The molecule has 7 nitrogen and oxygen atoms in total. The number of halogens is 1. The summed E-state index contributed by atoms with van der Waals surface area (Å²) in [7, 11) is -4.13. The van der Waals surface area contributed by atoms with Gasteiger partial charge in [0.05, 0.1) is 10.6 Å². The summed E-state index contributed by atoms with van der Waals surface area (Å²) in [6.07, 6.45) is 0.708. The molecule has 0 saturated carbocycles. The quantitative estimate of drug-likeness (QED) is 0.363. The third-order valence-electron chi connectivity index (χ3n) is 6.68. The van der Waals surface area contributed by atoms with E-state index in [1.165, 1.54) is 41.3 Å². The summed E-state index contributed by atoms with van der Waals surface area (Å²) in [5.74, 6) is -1.34. The molecule has 0 bridgehead atoms. The van der Waals surface area contributed by atoms with Crippen LogP contribution in [0.1, 0.15) is 43.9 Å². The monoisotopic (exact) mass is 553 g/mol. The molecule has 3 aromatic carbocycles. The van der Waals surface area contributed by atoms with Gasteiger partial charge in [-0.1, -0.05) is 49.4 Å². The predicted molar refractivity (Wildman–Crippen MR) is 151 cm³/mol. The van der Waals surface area contributed by atoms with Crippen molar-refractivity contribution in [2.24, 2.45) is 0 Å². The molecule has 39 heavy (non-hydrogen) atoms. The van der Waals surface area contributed by atoms with Crippen molar-refractivity contribution < 1.29 is 22.4 Å². The van der Waals surface area contributed by atoms with Gasteiger partial charge < -0.3 is 10.2 Å². The average Bonchev–Trinajstić information content (AvgIpc) is 2.92. The maximum atomic E-state index is 13.9. The number of aryl methyl sites for hydroxylation is 2. The lowest BCUT2D eigenvalue weighted by Gasteiger charge is -2.33. The van der Waals surface area contributed by atoms with E-state index in [9.17, 15) is 22.4 Å². The second kappa shape index (κ2) is 12.9. The summed E-state index contributed by atoms with van der Waals surface area (Å²) in [6, 6.07) is 18.0. The SMILES string of the molecule is CC[C@H](C)NC(=O)[C@H](C)N(Cc1ccc(F)cc1)C(=O)CN(c1cc(C)ccc1C)S(=O)(=O)c1ccccc1. The fourth-order valence-electron chi connectivity index (χ4n) is 4.06. The Labute approximate surface area is 230 Å². The Balaban J connectivity index is 2.05. The molecular weight excluding hydrogens is 517 g/mol. The molecule has 2 amide bonds. The normalized spacial score (nSPS) is 12.9. The van der Waals surface area contributed by atoms with Crippen LogP contribution < -0.4 is 9.62 Å². The molecule has 2 atom stereocenters. The Kier molecular flexibility index (Phi) is 9.86. The Hall–Kier alpha value is -3.72. The van der Waals surface area contributed by atoms with E-state index in [4.69, 9.17) is 0 Å². The van der Waals surface area contributed by atoms with E-state index >= 15 is 0 Å². The summed E-state index contributed by atoms with van der Waals surface area (Å²) in [5, 5.41) is 2.89. The molecule has 0 aliphatic rings. The second-order valence-electron chi connectivity index (χ2n) is 9.76. The highest BCUT2D eigenvalue weighted by molar-refractivity contribution is 7.92. The maximum Gasteiger partial charge on any atom is 0.264 e. The number of rotatable bonds is 11. The fourth-order valence-corrected chi connectivity index (χ4v) is 5.55. The van der Waals surface area contributed by atoms with E-state index in [-0.39, 0.29) is 23.4 Å². The van der Waals surface area contributed by atoms with E-state index in [0.717, 1.165) is 9.87 Å². The van der Waals surface area contributed by atoms with Crippen molar-refractivity contribution >= 4 is 27.5 Å². The predicted octanol–water partition coefficient (Wildman–Crippen LogP) is 4.97. The van der Waals surface area contributed by atoms with Crippen LogP contribution in [0.15, 0.2) is 77.7 Å². The van der Waals surface area contributed by atoms with Crippen LogP contribution in [-0.2, 0) is 26.2 Å². The first-order chi connectivity index (χ1) is 18.4. The van der Waals surface area contributed by atoms with Crippen molar-refractivity contribution in [1.29, 1.82) is 0 Å². The molecule has 0 unspecified atom stereocenters. The summed E-state index contributed by atoms with van der Waals surface area (Å²) < 4.78 is 42.4. The largest absolute Gasteiger partial charge is 0.352 e. The van der Waals surface area contributed by atoms with Gasteiger partial charge in [0, 0.05) is 12.6 Å². The Morgan fingerprint density at radius 1 is 0.949 bits per heavy atom. The zero-order chi connectivity index (χ0) is 28.7. The molecule has 9 heteroatoms. The molecule has 0 fully saturated rings. The van der Waals surface area contributed by atoms with E-state index in [1.54, 1.807) is 44.2 Å². The van der Waals surface area contributed by atoms with E-state index in [2.05, 4.69) is 5.32 Å². The summed E-state index contributed by atoms with van der Waals surface area (Å²) in [6.45, 7) is 8.52. The molecule has 0 heterocycles. The second-order valence-corrected chi connectivity index (χ2v) is 11.6. The number of hydrogen-bond acceptors (Lipinski definition) is 4. The van der Waals surface area contributed by atoms with Gasteiger partial charge >= 0.3 is 0 Å². The molecular formula is C30H36FN3O4S. The molecule has 208 valence electrons. The smallest absolute Gasteiger partial charge is 0.264 e. The number of amides is 2. The first kappa shape index (κ1) is 29.8. The topological polar surface area (TPSA) is 86.8 Å². The third kappa shape index (κ3) is 7.44. The Morgan fingerprint density at radius 3 is 2.21 bits per heavy atom. The van der Waals surface area contributed by atoms with Crippen LogP contribution in [0.5, 0.6) is 0 Å². The molecule has 0 aromatic heterocycles. The minimum absolute atomic E-state index is 0.000228. The third-order valence-corrected chi connectivity index (χ3v) is 8.45. The zero-order valence-electron chi connectivity index (χ0n) is 23.0. The number of carbonyl (C=O) groups is 2. The lowest BCUT2D eigenvalue weighted by Crippen LogP contribution is -2.52. The highest BCUT2D eigenvalue weighted by Gasteiger charge is 2.33. The van der Waals surface area contributed by atoms with Gasteiger partial charge in [-0.15, -0.1) is 0 Å². The molecule has 0 aliphatic heterocycles. The van der Waals surface area contributed by atoms with Crippen molar-refractivity contribution in [2.75, 3.05) is 10.8 Å². The maximum absolute atomic E-state index is 13.9. The molecule has 0 aliphatic carbocycles. The van der Waals surface area contributed by atoms with Crippen LogP contribution in [-0.4, -0.2) is 43.8 Å². The number of nitrogens with zero attached hydrogens (tertiary/aromatic N) is 2. The number of anilines is 1. The van der Waals surface area contributed by atoms with Gasteiger partial charge in [-0.05, 0) is 81.1 Å². The lowest BCUT2D eigenvalue weighted by atomic mass is 10.1. The molecule has 0 spiro atoms. The highest BCUT2D eigenvalue weighted by Crippen LogP contribution is 2.28. The van der Waals surface area contributed by atoms with Crippen molar-refractivity contribution in [3.63, 3.8) is 0 Å². The summed E-state index contributed by atoms with van der Waals surface area (Å²) >= 11 is 0. The minimum Gasteiger partial charge on any atom is -0.352 e. The fraction of sp³-hybridized carbons (Fsp3) is 0.333. The van der Waals surface area contributed by atoms with Crippen LogP contribution in [0.4, 0.5) is 10.1 Å². The highest BCUT2D eigenvalue weighted by atomic mass is 32.2. The van der Waals surface area contributed by atoms with Crippen LogP contribution >= 0.6 is 0 Å². The van der Waals surface area contributed by atoms with Crippen LogP contribution in [0, 0.1) is 19.7 Å². The van der Waals surface area contributed by atoms with E-state index in [1.807, 2.05) is 26.8 Å². The Bertz CT molecular complexity index is 1400. The van der Waals surface area contributed by atoms with Crippen molar-refractivity contribution in [2.45, 2.75) is 64.6 Å². The van der Waals surface area contributed by atoms with Crippen molar-refractivity contribution in [1.82, 2.24) is 10.2 Å². The van der Waals surface area contributed by atoms with Gasteiger partial charge in [0.2, 0.25) is 11.8 Å². The van der Waals surface area contributed by atoms with Crippen LogP contribution in [0.2, 0.25) is 0 Å². The first-order valence-electron chi connectivity index (χ1n) is 12.9. The number of nitrogens with one attached hydrogen (secondary N) is 1. The van der Waals surface area contributed by atoms with Crippen LogP contribution in [0.25, 0.3) is 0 Å². The lowest BCUT2D eigenvalue weighted by molar-refractivity contribution is -0.139. The molecule has 3 rings (SSSR count). The number of benzene rings is 3. The summed E-state index contributed by atoms with van der Waals surface area (Å²) in [5.41, 5.74) is 2.50. The Morgan fingerprint density at radius 2 is 1.59 bits per heavy atom. The van der Waals surface area contributed by atoms with Gasteiger partial charge in [0.1, 0.15) is 18.4 Å². The van der Waals surface area contributed by atoms with Crippen molar-refractivity contribution in [3.8, 4) is 0 Å². The zero-order valence-corrected chi connectivity index (χ0v) is 23.8. The number of hydrogen-bond donors (Lipinski definition) is 1. The van der Waals surface area contributed by atoms with Crippen LogP contribution in [0.3, 0.4) is 0 Å². The van der Waals surface area contributed by atoms with E-state index < -0.39 is 34.3 Å². The van der Waals surface area contributed by atoms with Gasteiger partial charge in [-0.25, -0.2) is 12.8 Å². The van der Waals surface area contributed by atoms with Gasteiger partial charge in [0.25, 0.3) is 10.0 Å². The minimum atomic E-state index is -4.13. The molecule has 1 N–H and O–H groups in total. The molecule has 0 saturated heterocycles. The van der Waals surface area contributed by atoms with E-state index in [0.29, 0.717) is 23.2 Å². The first-order valence-corrected chi connectivity index (χ1v) is 14.4. The number of carbonyl (C=O) groups excluding carboxylic acids is 2. The standard InChI is InChI=1S/C30H36FN3O4S/c1-6-23(4)32-30(36)24(5)33(19-25-14-16-26(31)17-15-25)29(35)20-34(28-18-21(2)12-13-22(28)3)39(37,38)27-10-8-7-9-11-27/h7-18,23-24H,6,19-20H2,1-5H3,(H,32,36)/t23-,24-/m0/s1. The number of sulfonamides is 1. The van der Waals surface area contributed by atoms with Gasteiger partial charge in [-0.3, -0.25) is 13.9 Å².